The molecule has 0 aliphatic heterocycles. The van der Waals surface area contributed by atoms with Gasteiger partial charge in [0.1, 0.15) is 0 Å². The Balaban J connectivity index is 2.53. The molecule has 0 radical (unpaired) electrons. The number of carbonyl (C=O) groups excluding carboxylic acids is 1. The monoisotopic (exact) mass is 390 g/mol. The summed E-state index contributed by atoms with van der Waals surface area (Å²) in [6, 6.07) is 7.84. The average molecular weight is 391 g/mol. The number of nitrogens with zero attached hydrogens (tertiary/aromatic N) is 1. The molecule has 2 atom stereocenters. The van der Waals surface area contributed by atoms with E-state index in [1.54, 1.807) is 7.05 Å². The second kappa shape index (κ2) is 13.2. The maximum absolute atomic E-state index is 12.3. The van der Waals surface area contributed by atoms with Gasteiger partial charge in [-0.05, 0) is 50.3 Å². The van der Waals surface area contributed by atoms with Crippen LogP contribution in [0.5, 0.6) is 0 Å². The standard InChI is InChI=1S/C22H38N4O2/c1-7-17(5)26-21(27)19-11-9-10-18(14-19)15-25-22(23-6)24-13-12-20(16(3)4)28-8-2/h9-11,14,16-17,20H,7-8,12-13,15H2,1-6H3,(H,26,27)(H2,23,24,25). The molecule has 0 heterocycles. The summed E-state index contributed by atoms with van der Waals surface area (Å²) >= 11 is 0. The average Bonchev–Trinajstić information content (AvgIpc) is 2.69. The van der Waals surface area contributed by atoms with Crippen LogP contribution in [0.2, 0.25) is 0 Å². The first-order valence-corrected chi connectivity index (χ1v) is 10.4. The molecule has 0 saturated carbocycles. The molecule has 6 heteroatoms. The van der Waals surface area contributed by atoms with Gasteiger partial charge in [-0.3, -0.25) is 9.79 Å². The molecule has 1 rings (SSSR count). The first-order valence-electron chi connectivity index (χ1n) is 10.4. The van der Waals surface area contributed by atoms with Crippen LogP contribution in [0.3, 0.4) is 0 Å². The summed E-state index contributed by atoms with van der Waals surface area (Å²) < 4.78 is 5.78. The number of ether oxygens (including phenoxy) is 1. The van der Waals surface area contributed by atoms with Crippen molar-refractivity contribution in [3.05, 3.63) is 35.4 Å². The molecule has 0 aromatic heterocycles. The normalized spacial score (nSPS) is 13.9. The van der Waals surface area contributed by atoms with Crippen LogP contribution in [-0.4, -0.2) is 44.2 Å². The van der Waals surface area contributed by atoms with Crippen molar-refractivity contribution in [1.29, 1.82) is 0 Å². The van der Waals surface area contributed by atoms with E-state index in [4.69, 9.17) is 4.74 Å². The third-order valence-electron chi connectivity index (χ3n) is 4.71. The maximum Gasteiger partial charge on any atom is 0.251 e. The van der Waals surface area contributed by atoms with Crippen LogP contribution < -0.4 is 16.0 Å². The van der Waals surface area contributed by atoms with Crippen LogP contribution >= 0.6 is 0 Å². The van der Waals surface area contributed by atoms with Crippen LogP contribution in [0.15, 0.2) is 29.3 Å². The minimum Gasteiger partial charge on any atom is -0.378 e. The quantitative estimate of drug-likeness (QED) is 0.400. The first-order chi connectivity index (χ1) is 13.4. The van der Waals surface area contributed by atoms with Crippen molar-refractivity contribution >= 4 is 11.9 Å². The molecule has 1 aromatic rings. The maximum atomic E-state index is 12.3. The summed E-state index contributed by atoms with van der Waals surface area (Å²) in [7, 11) is 1.76. The summed E-state index contributed by atoms with van der Waals surface area (Å²) in [4.78, 5) is 16.6. The van der Waals surface area contributed by atoms with Gasteiger partial charge in [-0.1, -0.05) is 32.9 Å². The highest BCUT2D eigenvalue weighted by Gasteiger charge is 2.13. The largest absolute Gasteiger partial charge is 0.378 e. The Kier molecular flexibility index (Phi) is 11.3. The van der Waals surface area contributed by atoms with E-state index < -0.39 is 0 Å². The molecule has 3 N–H and O–H groups in total. The Morgan fingerprint density at radius 2 is 1.93 bits per heavy atom. The fraction of sp³-hybridized carbons (Fsp3) is 0.636. The molecule has 28 heavy (non-hydrogen) atoms. The minimum atomic E-state index is -0.0330. The fourth-order valence-corrected chi connectivity index (χ4v) is 2.79. The Morgan fingerprint density at radius 3 is 2.54 bits per heavy atom. The number of amides is 1. The third-order valence-corrected chi connectivity index (χ3v) is 4.71. The Hall–Kier alpha value is -2.08. The van der Waals surface area contributed by atoms with Crippen molar-refractivity contribution in [2.45, 2.75) is 66.2 Å². The van der Waals surface area contributed by atoms with Crippen LogP contribution in [0.1, 0.15) is 63.4 Å². The summed E-state index contributed by atoms with van der Waals surface area (Å²) in [5.74, 6) is 1.20. The Bertz CT molecular complexity index is 616. The number of hydrogen-bond donors (Lipinski definition) is 3. The SMILES string of the molecule is CCOC(CCNC(=NC)NCc1cccc(C(=O)NC(C)CC)c1)C(C)C. The lowest BCUT2D eigenvalue weighted by Gasteiger charge is -2.21. The van der Waals surface area contributed by atoms with Crippen LogP contribution in [0.4, 0.5) is 0 Å². The summed E-state index contributed by atoms with van der Waals surface area (Å²) in [6.07, 6.45) is 2.09. The van der Waals surface area contributed by atoms with Crippen LogP contribution in [-0.2, 0) is 11.3 Å². The van der Waals surface area contributed by atoms with Gasteiger partial charge in [-0.25, -0.2) is 0 Å². The predicted octanol–water partition coefficient (Wildman–Crippen LogP) is 3.33. The van der Waals surface area contributed by atoms with E-state index in [2.05, 4.69) is 41.7 Å². The van der Waals surface area contributed by atoms with Crippen molar-refractivity contribution in [1.82, 2.24) is 16.0 Å². The third kappa shape index (κ3) is 8.74. The molecule has 0 aliphatic rings. The van der Waals surface area contributed by atoms with Crippen molar-refractivity contribution in [2.75, 3.05) is 20.2 Å². The van der Waals surface area contributed by atoms with Crippen molar-refractivity contribution < 1.29 is 9.53 Å². The molecule has 2 unspecified atom stereocenters. The molecule has 1 aromatic carbocycles. The lowest BCUT2D eigenvalue weighted by Crippen LogP contribution is -2.39. The number of aliphatic imine (C=N–C) groups is 1. The van der Waals surface area contributed by atoms with E-state index in [0.717, 1.165) is 37.5 Å². The van der Waals surface area contributed by atoms with E-state index >= 15 is 0 Å². The van der Waals surface area contributed by atoms with Gasteiger partial charge in [0.25, 0.3) is 5.91 Å². The van der Waals surface area contributed by atoms with Gasteiger partial charge in [-0.2, -0.15) is 0 Å². The molecule has 158 valence electrons. The minimum absolute atomic E-state index is 0.0330. The second-order valence-electron chi connectivity index (χ2n) is 7.36. The number of hydrogen-bond acceptors (Lipinski definition) is 3. The number of nitrogens with one attached hydrogen (secondary N) is 3. The van der Waals surface area contributed by atoms with E-state index in [0.29, 0.717) is 18.0 Å². The van der Waals surface area contributed by atoms with E-state index in [9.17, 15) is 4.79 Å². The zero-order chi connectivity index (χ0) is 20.9. The predicted molar refractivity (Wildman–Crippen MR) is 117 cm³/mol. The lowest BCUT2D eigenvalue weighted by atomic mass is 10.0. The molecule has 0 fully saturated rings. The van der Waals surface area contributed by atoms with Crippen LogP contribution in [0, 0.1) is 5.92 Å². The number of benzene rings is 1. The Labute approximate surface area is 170 Å². The highest BCUT2D eigenvalue weighted by atomic mass is 16.5. The molecular weight excluding hydrogens is 352 g/mol. The topological polar surface area (TPSA) is 74.8 Å². The molecule has 6 nitrogen and oxygen atoms in total. The van der Waals surface area contributed by atoms with Gasteiger partial charge < -0.3 is 20.7 Å². The van der Waals surface area contributed by atoms with Crippen molar-refractivity contribution in [3.63, 3.8) is 0 Å². The highest BCUT2D eigenvalue weighted by Crippen LogP contribution is 2.10. The lowest BCUT2D eigenvalue weighted by molar-refractivity contribution is 0.0258. The number of guanidine groups is 1. The highest BCUT2D eigenvalue weighted by molar-refractivity contribution is 5.94. The van der Waals surface area contributed by atoms with E-state index in [1.807, 2.05) is 38.1 Å². The Morgan fingerprint density at radius 1 is 1.18 bits per heavy atom. The van der Waals surface area contributed by atoms with Crippen molar-refractivity contribution in [2.24, 2.45) is 10.9 Å². The molecule has 0 saturated heterocycles. The number of rotatable bonds is 11. The number of carbonyl (C=O) groups is 1. The molecule has 1 amide bonds. The molecule has 0 aliphatic carbocycles. The van der Waals surface area contributed by atoms with E-state index in [1.165, 1.54) is 0 Å². The second-order valence-corrected chi connectivity index (χ2v) is 7.36. The fourth-order valence-electron chi connectivity index (χ4n) is 2.79. The first kappa shape index (κ1) is 24.0. The van der Waals surface area contributed by atoms with E-state index in [-0.39, 0.29) is 18.1 Å². The van der Waals surface area contributed by atoms with Gasteiger partial charge in [0.15, 0.2) is 5.96 Å². The summed E-state index contributed by atoms with van der Waals surface area (Å²) in [5.41, 5.74) is 1.72. The smallest absolute Gasteiger partial charge is 0.251 e. The van der Waals surface area contributed by atoms with Gasteiger partial charge in [0.05, 0.1) is 6.10 Å². The van der Waals surface area contributed by atoms with Crippen molar-refractivity contribution in [3.8, 4) is 0 Å². The zero-order valence-corrected chi connectivity index (χ0v) is 18.3. The summed E-state index contributed by atoms with van der Waals surface area (Å²) in [5, 5.41) is 9.64. The summed E-state index contributed by atoms with van der Waals surface area (Å²) in [6.45, 7) is 12.6. The molecule has 0 spiro atoms. The molecular formula is C22H38N4O2. The molecule has 0 bridgehead atoms. The van der Waals surface area contributed by atoms with Gasteiger partial charge in [0.2, 0.25) is 0 Å². The zero-order valence-electron chi connectivity index (χ0n) is 18.3. The van der Waals surface area contributed by atoms with Gasteiger partial charge in [0, 0.05) is 38.3 Å². The van der Waals surface area contributed by atoms with Gasteiger partial charge >= 0.3 is 0 Å². The van der Waals surface area contributed by atoms with Crippen LogP contribution in [0.25, 0.3) is 0 Å². The van der Waals surface area contributed by atoms with Gasteiger partial charge in [-0.15, -0.1) is 0 Å².